The van der Waals surface area contributed by atoms with Crippen molar-refractivity contribution in [2.75, 3.05) is 48.8 Å². The highest BCUT2D eigenvalue weighted by atomic mass is 32.2. The van der Waals surface area contributed by atoms with E-state index in [-0.39, 0.29) is 16.8 Å². The summed E-state index contributed by atoms with van der Waals surface area (Å²) in [5.74, 6) is 0.848. The Morgan fingerprint density at radius 2 is 1.68 bits per heavy atom. The number of anilines is 5. The molecule has 38 heavy (non-hydrogen) atoms. The van der Waals surface area contributed by atoms with E-state index in [1.807, 2.05) is 31.3 Å². The first-order valence-electron chi connectivity index (χ1n) is 13.0. The highest BCUT2D eigenvalue weighted by Crippen LogP contribution is 2.41. The molecule has 2 aromatic carbocycles. The zero-order valence-electron chi connectivity index (χ0n) is 21.3. The van der Waals surface area contributed by atoms with Gasteiger partial charge in [0.05, 0.1) is 22.3 Å². The van der Waals surface area contributed by atoms with Crippen LogP contribution < -0.4 is 15.5 Å². The van der Waals surface area contributed by atoms with Crippen LogP contribution in [0.15, 0.2) is 59.6 Å². The molecular formula is C27H31N7O3S. The number of rotatable bonds is 5. The van der Waals surface area contributed by atoms with E-state index in [1.165, 1.54) is 4.31 Å². The van der Waals surface area contributed by atoms with Crippen LogP contribution in [0.25, 0.3) is 0 Å². The van der Waals surface area contributed by atoms with Crippen molar-refractivity contribution in [1.82, 2.24) is 19.2 Å². The Hall–Kier alpha value is -3.54. The van der Waals surface area contributed by atoms with Gasteiger partial charge in [0, 0.05) is 37.9 Å². The second kappa shape index (κ2) is 9.97. The van der Waals surface area contributed by atoms with Gasteiger partial charge < -0.3 is 20.4 Å². The minimum atomic E-state index is -3.54. The number of carbonyl (C=O) groups is 1. The number of likely N-dealkylation sites (N-methyl/N-ethyl adjacent to an activating group) is 1. The molecule has 2 fully saturated rings. The monoisotopic (exact) mass is 533 g/mol. The number of nitrogens with one attached hydrogen (secondary N) is 2. The van der Waals surface area contributed by atoms with E-state index in [0.29, 0.717) is 41.8 Å². The molecule has 3 heterocycles. The SMILES string of the molecule is CN1CCN(S(=O)(=O)c2ccc(Nc3ncc4c(n3)N(C3CCCC3)c3ccccc3C(=O)N4)cc2)CC1. The van der Waals surface area contributed by atoms with E-state index in [2.05, 4.69) is 25.4 Å². The van der Waals surface area contributed by atoms with E-state index in [0.717, 1.165) is 44.5 Å². The van der Waals surface area contributed by atoms with Crippen LogP contribution in [0.4, 0.5) is 28.8 Å². The number of piperazine rings is 1. The lowest BCUT2D eigenvalue weighted by atomic mass is 10.1. The third-order valence-electron chi connectivity index (χ3n) is 7.55. The third-order valence-corrected chi connectivity index (χ3v) is 9.47. The molecule has 1 amide bonds. The number of hydrogen-bond acceptors (Lipinski definition) is 8. The van der Waals surface area contributed by atoms with Crippen molar-refractivity contribution in [2.45, 2.75) is 36.6 Å². The zero-order chi connectivity index (χ0) is 26.3. The first-order chi connectivity index (χ1) is 18.4. The Morgan fingerprint density at radius 1 is 0.974 bits per heavy atom. The molecule has 1 aromatic heterocycles. The zero-order valence-corrected chi connectivity index (χ0v) is 22.1. The van der Waals surface area contributed by atoms with Crippen molar-refractivity contribution < 1.29 is 13.2 Å². The number of hydrogen-bond donors (Lipinski definition) is 2. The van der Waals surface area contributed by atoms with Crippen LogP contribution in [0, 0.1) is 0 Å². The normalized spacial score (nSPS) is 19.0. The topological polar surface area (TPSA) is 111 Å². The van der Waals surface area contributed by atoms with Gasteiger partial charge in [0.25, 0.3) is 5.91 Å². The smallest absolute Gasteiger partial charge is 0.257 e. The second-order valence-corrected chi connectivity index (χ2v) is 12.0. The summed E-state index contributed by atoms with van der Waals surface area (Å²) < 4.78 is 27.7. The van der Waals surface area contributed by atoms with Crippen LogP contribution in [-0.4, -0.2) is 72.8 Å². The molecule has 6 rings (SSSR count). The average molecular weight is 534 g/mol. The number of amides is 1. The van der Waals surface area contributed by atoms with Crippen LogP contribution in [0.5, 0.6) is 0 Å². The van der Waals surface area contributed by atoms with Crippen LogP contribution in [0.1, 0.15) is 36.0 Å². The molecule has 1 saturated carbocycles. The Balaban J connectivity index is 1.28. The molecule has 3 aliphatic rings. The lowest BCUT2D eigenvalue weighted by Gasteiger charge is -2.31. The Bertz CT molecular complexity index is 1450. The number of sulfonamides is 1. The molecular weight excluding hydrogens is 502 g/mol. The van der Waals surface area contributed by atoms with Gasteiger partial charge in [-0.2, -0.15) is 9.29 Å². The van der Waals surface area contributed by atoms with E-state index in [4.69, 9.17) is 4.98 Å². The summed E-state index contributed by atoms with van der Waals surface area (Å²) in [7, 11) is -1.55. The largest absolute Gasteiger partial charge is 0.324 e. The van der Waals surface area contributed by atoms with Crippen LogP contribution in [0.2, 0.25) is 0 Å². The van der Waals surface area contributed by atoms with Crippen molar-refractivity contribution in [1.29, 1.82) is 0 Å². The van der Waals surface area contributed by atoms with Gasteiger partial charge in [-0.3, -0.25) is 4.79 Å². The molecule has 0 atom stereocenters. The summed E-state index contributed by atoms with van der Waals surface area (Å²) in [6, 6.07) is 14.5. The fraction of sp³-hybridized carbons (Fsp3) is 0.370. The van der Waals surface area contributed by atoms with Gasteiger partial charge >= 0.3 is 0 Å². The molecule has 0 spiro atoms. The molecule has 0 unspecified atom stereocenters. The first kappa shape index (κ1) is 24.8. The maximum Gasteiger partial charge on any atom is 0.257 e. The van der Waals surface area contributed by atoms with Crippen molar-refractivity contribution in [3.05, 3.63) is 60.3 Å². The fourth-order valence-corrected chi connectivity index (χ4v) is 6.86. The minimum absolute atomic E-state index is 0.177. The maximum absolute atomic E-state index is 13.1. The molecule has 11 heteroatoms. The summed E-state index contributed by atoms with van der Waals surface area (Å²) in [6.07, 6.45) is 5.96. The Labute approximate surface area is 222 Å². The summed E-state index contributed by atoms with van der Waals surface area (Å²) in [5.41, 5.74) is 2.70. The lowest BCUT2D eigenvalue weighted by Crippen LogP contribution is -2.46. The molecule has 0 radical (unpaired) electrons. The molecule has 10 nitrogen and oxygen atoms in total. The lowest BCUT2D eigenvalue weighted by molar-refractivity contribution is 0.102. The van der Waals surface area contributed by atoms with Gasteiger partial charge in [0.1, 0.15) is 5.69 Å². The molecule has 3 aromatic rings. The van der Waals surface area contributed by atoms with Gasteiger partial charge in [-0.1, -0.05) is 25.0 Å². The predicted molar refractivity (Wildman–Crippen MR) is 147 cm³/mol. The van der Waals surface area contributed by atoms with E-state index in [1.54, 1.807) is 30.5 Å². The summed E-state index contributed by atoms with van der Waals surface area (Å²) in [6.45, 7) is 2.41. The minimum Gasteiger partial charge on any atom is -0.324 e. The van der Waals surface area contributed by atoms with E-state index < -0.39 is 10.0 Å². The van der Waals surface area contributed by atoms with Crippen molar-refractivity contribution >= 4 is 44.8 Å². The van der Waals surface area contributed by atoms with Crippen molar-refractivity contribution in [3.8, 4) is 0 Å². The highest BCUT2D eigenvalue weighted by Gasteiger charge is 2.33. The van der Waals surface area contributed by atoms with E-state index in [9.17, 15) is 13.2 Å². The number of aromatic nitrogens is 2. The molecule has 198 valence electrons. The summed E-state index contributed by atoms with van der Waals surface area (Å²) in [5, 5.41) is 6.18. The molecule has 2 N–H and O–H groups in total. The van der Waals surface area contributed by atoms with Crippen molar-refractivity contribution in [3.63, 3.8) is 0 Å². The predicted octanol–water partition coefficient (Wildman–Crippen LogP) is 3.80. The maximum atomic E-state index is 13.1. The molecule has 2 aliphatic heterocycles. The summed E-state index contributed by atoms with van der Waals surface area (Å²) >= 11 is 0. The van der Waals surface area contributed by atoms with Gasteiger partial charge in [0.2, 0.25) is 16.0 Å². The Kier molecular flexibility index (Phi) is 6.50. The third kappa shape index (κ3) is 4.61. The standard InChI is InChI=1S/C27H31N7O3S/c1-32-14-16-33(17-15-32)38(36,37)21-12-10-19(11-13-21)29-27-28-18-23-25(31-27)34(20-6-2-3-7-20)24-9-5-4-8-22(24)26(35)30-23/h4-5,8-13,18,20H,2-3,6-7,14-17H2,1H3,(H,30,35)(H,28,29,31). The summed E-state index contributed by atoms with van der Waals surface area (Å²) in [4.78, 5) is 26.8. The molecule has 1 saturated heterocycles. The van der Waals surface area contributed by atoms with Gasteiger partial charge in [0.15, 0.2) is 5.82 Å². The average Bonchev–Trinajstić information content (AvgIpc) is 3.42. The second-order valence-electron chi connectivity index (χ2n) is 10.1. The Morgan fingerprint density at radius 3 is 2.42 bits per heavy atom. The fourth-order valence-electron chi connectivity index (χ4n) is 5.43. The number of nitrogens with zero attached hydrogens (tertiary/aromatic N) is 5. The molecule has 1 aliphatic carbocycles. The highest BCUT2D eigenvalue weighted by molar-refractivity contribution is 7.89. The van der Waals surface area contributed by atoms with Crippen LogP contribution >= 0.6 is 0 Å². The van der Waals surface area contributed by atoms with Gasteiger partial charge in [-0.25, -0.2) is 13.4 Å². The van der Waals surface area contributed by atoms with Gasteiger partial charge in [-0.15, -0.1) is 0 Å². The van der Waals surface area contributed by atoms with Crippen LogP contribution in [-0.2, 0) is 10.0 Å². The van der Waals surface area contributed by atoms with Crippen molar-refractivity contribution in [2.24, 2.45) is 0 Å². The number of carbonyl (C=O) groups excluding carboxylic acids is 1. The van der Waals surface area contributed by atoms with E-state index >= 15 is 0 Å². The molecule has 0 bridgehead atoms. The number of para-hydroxylation sites is 1. The van der Waals surface area contributed by atoms with Gasteiger partial charge in [-0.05, 0) is 56.3 Å². The quantitative estimate of drug-likeness (QED) is 0.510. The number of benzene rings is 2. The first-order valence-corrected chi connectivity index (χ1v) is 14.5. The van der Waals surface area contributed by atoms with Crippen LogP contribution in [0.3, 0.4) is 0 Å². The number of fused-ring (bicyclic) bond motifs is 2.